The standard InChI is InChI=1S/C27H30F2N2O4/c1-31(17-18-35-25(33)16-15-24(32)19-11-13-20(28)14-12-19)26(22-9-5-6-10-23(22)29)27(34)30-21-7-3-2-4-8-21/h5-6,9-16,21,26H,2-4,7-8,17-18H2,1H3,(H,30,34). The molecule has 0 spiro atoms. The zero-order valence-corrected chi connectivity index (χ0v) is 19.7. The Morgan fingerprint density at radius 3 is 2.40 bits per heavy atom. The number of hydrogen-bond donors (Lipinski definition) is 1. The molecule has 1 saturated carbocycles. The van der Waals surface area contributed by atoms with Crippen molar-refractivity contribution in [2.75, 3.05) is 20.2 Å². The summed E-state index contributed by atoms with van der Waals surface area (Å²) >= 11 is 0. The van der Waals surface area contributed by atoms with Gasteiger partial charge in [0.2, 0.25) is 5.91 Å². The van der Waals surface area contributed by atoms with E-state index in [4.69, 9.17) is 4.74 Å². The Morgan fingerprint density at radius 1 is 1.03 bits per heavy atom. The average molecular weight is 485 g/mol. The van der Waals surface area contributed by atoms with Crippen LogP contribution in [0.5, 0.6) is 0 Å². The Morgan fingerprint density at radius 2 is 1.71 bits per heavy atom. The highest BCUT2D eigenvalue weighted by Gasteiger charge is 2.29. The fourth-order valence-electron chi connectivity index (χ4n) is 4.12. The van der Waals surface area contributed by atoms with Crippen LogP contribution in [0.3, 0.4) is 0 Å². The number of allylic oxidation sites excluding steroid dienone is 1. The average Bonchev–Trinajstić information content (AvgIpc) is 2.85. The molecule has 0 aliphatic heterocycles. The molecule has 2 aromatic carbocycles. The maximum Gasteiger partial charge on any atom is 0.330 e. The van der Waals surface area contributed by atoms with E-state index in [1.54, 1.807) is 30.1 Å². The Balaban J connectivity index is 1.57. The molecule has 6 nitrogen and oxygen atoms in total. The quantitative estimate of drug-likeness (QED) is 0.308. The fraction of sp³-hybridized carbons (Fsp3) is 0.370. The van der Waals surface area contributed by atoms with Crippen molar-refractivity contribution in [3.63, 3.8) is 0 Å². The summed E-state index contributed by atoms with van der Waals surface area (Å²) in [4.78, 5) is 38.9. The molecule has 0 saturated heterocycles. The number of nitrogens with zero attached hydrogens (tertiary/aromatic N) is 1. The minimum absolute atomic E-state index is 0.0634. The lowest BCUT2D eigenvalue weighted by Gasteiger charge is -2.30. The first-order chi connectivity index (χ1) is 16.8. The van der Waals surface area contributed by atoms with Gasteiger partial charge in [0.25, 0.3) is 0 Å². The van der Waals surface area contributed by atoms with E-state index < -0.39 is 29.4 Å². The normalized spacial score (nSPS) is 15.2. The van der Waals surface area contributed by atoms with Crippen LogP contribution in [0.25, 0.3) is 0 Å². The Bertz CT molecular complexity index is 1050. The first kappa shape index (κ1) is 26.2. The maximum atomic E-state index is 14.6. The third-order valence-corrected chi connectivity index (χ3v) is 6.03. The number of carbonyl (C=O) groups excluding carboxylic acids is 3. The van der Waals surface area contributed by atoms with E-state index in [1.807, 2.05) is 0 Å². The van der Waals surface area contributed by atoms with Crippen molar-refractivity contribution in [2.45, 2.75) is 44.2 Å². The van der Waals surface area contributed by atoms with E-state index in [9.17, 15) is 23.2 Å². The molecule has 186 valence electrons. The predicted octanol–water partition coefficient (Wildman–Crippen LogP) is 4.37. The summed E-state index contributed by atoms with van der Waals surface area (Å²) in [6.45, 7) is 0.106. The maximum absolute atomic E-state index is 14.6. The second-order valence-electron chi connectivity index (χ2n) is 8.62. The highest BCUT2D eigenvalue weighted by molar-refractivity contribution is 6.06. The molecule has 1 fully saturated rings. The zero-order valence-electron chi connectivity index (χ0n) is 19.7. The van der Waals surface area contributed by atoms with Gasteiger partial charge >= 0.3 is 5.97 Å². The molecule has 0 heterocycles. The predicted molar refractivity (Wildman–Crippen MR) is 128 cm³/mol. The summed E-state index contributed by atoms with van der Waals surface area (Å²) < 4.78 is 32.7. The van der Waals surface area contributed by atoms with Gasteiger partial charge in [-0.1, -0.05) is 37.5 Å². The van der Waals surface area contributed by atoms with Gasteiger partial charge in [0, 0.05) is 29.8 Å². The second kappa shape index (κ2) is 12.9. The largest absolute Gasteiger partial charge is 0.461 e. The molecule has 0 aromatic heterocycles. The Hall–Kier alpha value is -3.39. The molecule has 1 aliphatic carbocycles. The molecule has 1 aliphatic rings. The molecule has 35 heavy (non-hydrogen) atoms. The smallest absolute Gasteiger partial charge is 0.330 e. The van der Waals surface area contributed by atoms with Crippen molar-refractivity contribution < 1.29 is 27.9 Å². The monoisotopic (exact) mass is 484 g/mol. The molecular weight excluding hydrogens is 454 g/mol. The molecular formula is C27H30F2N2O4. The number of esters is 1. The third kappa shape index (κ3) is 7.82. The number of rotatable bonds is 10. The van der Waals surface area contributed by atoms with Gasteiger partial charge in [0.05, 0.1) is 0 Å². The number of ether oxygens (including phenoxy) is 1. The lowest BCUT2D eigenvalue weighted by atomic mass is 9.94. The van der Waals surface area contributed by atoms with Crippen LogP contribution < -0.4 is 5.32 Å². The lowest BCUT2D eigenvalue weighted by molar-refractivity contribution is -0.138. The van der Waals surface area contributed by atoms with Crippen molar-refractivity contribution in [1.82, 2.24) is 10.2 Å². The molecule has 1 N–H and O–H groups in total. The summed E-state index contributed by atoms with van der Waals surface area (Å²) in [6.07, 6.45) is 7.11. The van der Waals surface area contributed by atoms with Gasteiger partial charge < -0.3 is 10.1 Å². The highest BCUT2D eigenvalue weighted by Crippen LogP contribution is 2.24. The summed E-state index contributed by atoms with van der Waals surface area (Å²) in [5, 5.41) is 3.05. The van der Waals surface area contributed by atoms with Crippen molar-refractivity contribution in [3.8, 4) is 0 Å². The van der Waals surface area contributed by atoms with E-state index in [1.165, 1.54) is 18.2 Å². The number of ketones is 1. The zero-order chi connectivity index (χ0) is 25.2. The molecule has 8 heteroatoms. The summed E-state index contributed by atoms with van der Waals surface area (Å²) in [7, 11) is 1.67. The van der Waals surface area contributed by atoms with Gasteiger partial charge in [-0.3, -0.25) is 14.5 Å². The highest BCUT2D eigenvalue weighted by atomic mass is 19.1. The van der Waals surface area contributed by atoms with E-state index in [0.29, 0.717) is 0 Å². The number of amides is 1. The number of carbonyl (C=O) groups is 3. The minimum Gasteiger partial charge on any atom is -0.461 e. The van der Waals surface area contributed by atoms with E-state index in [-0.39, 0.29) is 36.2 Å². The van der Waals surface area contributed by atoms with Gasteiger partial charge in [0.15, 0.2) is 5.78 Å². The van der Waals surface area contributed by atoms with Crippen LogP contribution in [0.15, 0.2) is 60.7 Å². The number of hydrogen-bond acceptors (Lipinski definition) is 5. The van der Waals surface area contributed by atoms with Crippen molar-refractivity contribution in [3.05, 3.63) is 83.4 Å². The second-order valence-corrected chi connectivity index (χ2v) is 8.62. The molecule has 1 amide bonds. The first-order valence-corrected chi connectivity index (χ1v) is 11.7. The van der Waals surface area contributed by atoms with Crippen LogP contribution in [-0.2, 0) is 14.3 Å². The van der Waals surface area contributed by atoms with Gasteiger partial charge in [-0.05, 0) is 56.3 Å². The lowest BCUT2D eigenvalue weighted by Crippen LogP contribution is -2.45. The van der Waals surface area contributed by atoms with Crippen LogP contribution >= 0.6 is 0 Å². The van der Waals surface area contributed by atoms with Gasteiger partial charge in [-0.15, -0.1) is 0 Å². The number of nitrogens with one attached hydrogen (secondary N) is 1. The minimum atomic E-state index is -0.882. The van der Waals surface area contributed by atoms with E-state index >= 15 is 0 Å². The number of halogens is 2. The summed E-state index contributed by atoms with van der Waals surface area (Å²) in [5.74, 6) is -2.43. The van der Waals surface area contributed by atoms with Crippen LogP contribution in [0, 0.1) is 11.6 Å². The summed E-state index contributed by atoms with van der Waals surface area (Å²) in [5.41, 5.74) is 0.492. The van der Waals surface area contributed by atoms with Crippen LogP contribution in [-0.4, -0.2) is 48.8 Å². The molecule has 1 atom stereocenters. The van der Waals surface area contributed by atoms with Gasteiger partial charge in [0.1, 0.15) is 24.3 Å². The van der Waals surface area contributed by atoms with Gasteiger partial charge in [-0.25, -0.2) is 13.6 Å². The SMILES string of the molecule is CN(CCOC(=O)C=CC(=O)c1ccc(F)cc1)C(C(=O)NC1CCCCC1)c1ccccc1F. The molecule has 2 aromatic rings. The van der Waals surface area contributed by atoms with Crippen LogP contribution in [0.4, 0.5) is 8.78 Å². The topological polar surface area (TPSA) is 75.7 Å². The number of likely N-dealkylation sites (N-methyl/N-ethyl adjacent to an activating group) is 1. The van der Waals surface area contributed by atoms with Crippen molar-refractivity contribution >= 4 is 17.7 Å². The molecule has 3 rings (SSSR count). The molecule has 0 bridgehead atoms. The third-order valence-electron chi connectivity index (χ3n) is 6.03. The fourth-order valence-corrected chi connectivity index (χ4v) is 4.12. The Kier molecular flexibility index (Phi) is 9.66. The van der Waals surface area contributed by atoms with Crippen molar-refractivity contribution in [1.29, 1.82) is 0 Å². The van der Waals surface area contributed by atoms with Crippen LogP contribution in [0.1, 0.15) is 54.1 Å². The number of benzene rings is 2. The van der Waals surface area contributed by atoms with E-state index in [0.717, 1.165) is 56.4 Å². The van der Waals surface area contributed by atoms with Gasteiger partial charge in [-0.2, -0.15) is 0 Å². The van der Waals surface area contributed by atoms with E-state index in [2.05, 4.69) is 5.32 Å². The van der Waals surface area contributed by atoms with Crippen molar-refractivity contribution in [2.24, 2.45) is 0 Å². The molecule has 1 unspecified atom stereocenters. The first-order valence-electron chi connectivity index (χ1n) is 11.7. The van der Waals surface area contributed by atoms with Crippen LogP contribution in [0.2, 0.25) is 0 Å². The Labute approximate surface area is 204 Å². The summed E-state index contributed by atoms with van der Waals surface area (Å²) in [6, 6.07) is 10.3. The molecule has 0 radical (unpaired) electrons.